The average molecular weight is 183 g/mol. The van der Waals surface area contributed by atoms with E-state index in [4.69, 9.17) is 9.47 Å². The fourth-order valence-corrected chi connectivity index (χ4v) is 1.42. The monoisotopic (exact) mass is 183 g/mol. The summed E-state index contributed by atoms with van der Waals surface area (Å²) in [4.78, 5) is 2.97. The normalized spacial score (nSPS) is 22.5. The zero-order chi connectivity index (χ0) is 9.15. The lowest BCUT2D eigenvalue weighted by molar-refractivity contribution is -0.0626. The first-order valence-electron chi connectivity index (χ1n) is 4.33. The maximum atomic E-state index is 10.1. The van der Waals surface area contributed by atoms with Crippen LogP contribution in [-0.4, -0.2) is 36.5 Å². The van der Waals surface area contributed by atoms with Gasteiger partial charge >= 0.3 is 0 Å². The molecule has 1 aromatic rings. The Hall–Kier alpha value is -0.840. The van der Waals surface area contributed by atoms with Gasteiger partial charge in [0, 0.05) is 6.20 Å². The van der Waals surface area contributed by atoms with E-state index in [1.807, 2.05) is 12.1 Å². The van der Waals surface area contributed by atoms with Gasteiger partial charge in [0.25, 0.3) is 0 Å². The van der Waals surface area contributed by atoms with Gasteiger partial charge in [0.15, 0.2) is 5.60 Å². The largest absolute Gasteiger partial charge is 0.379 e. The van der Waals surface area contributed by atoms with Crippen LogP contribution in [0.15, 0.2) is 18.3 Å². The van der Waals surface area contributed by atoms with E-state index >= 15 is 0 Å². The minimum Gasteiger partial charge on any atom is -0.379 e. The first-order chi connectivity index (χ1) is 6.31. The highest BCUT2D eigenvalue weighted by atomic mass is 16.6. The molecule has 0 aliphatic carbocycles. The second-order valence-corrected chi connectivity index (χ2v) is 3.22. The van der Waals surface area contributed by atoms with Crippen molar-refractivity contribution in [3.05, 3.63) is 24.0 Å². The van der Waals surface area contributed by atoms with Gasteiger partial charge in [0.2, 0.25) is 0 Å². The van der Waals surface area contributed by atoms with Crippen molar-refractivity contribution in [1.82, 2.24) is 4.98 Å². The third-order valence-corrected chi connectivity index (χ3v) is 2.15. The van der Waals surface area contributed by atoms with Gasteiger partial charge in [-0.15, -0.1) is 0 Å². The molecular weight excluding hydrogens is 170 g/mol. The molecule has 2 N–H and O–H groups in total. The number of ether oxygens (including phenoxy) is 2. The van der Waals surface area contributed by atoms with Gasteiger partial charge < -0.3 is 19.6 Å². The van der Waals surface area contributed by atoms with Gasteiger partial charge in [-0.05, 0) is 12.1 Å². The summed E-state index contributed by atoms with van der Waals surface area (Å²) < 4.78 is 10.5. The summed E-state index contributed by atoms with van der Waals surface area (Å²) in [6, 6.07) is 3.68. The van der Waals surface area contributed by atoms with E-state index in [9.17, 15) is 5.11 Å². The van der Waals surface area contributed by atoms with Crippen LogP contribution < -0.4 is 0 Å². The number of nitrogens with one attached hydrogen (secondary N) is 1. The van der Waals surface area contributed by atoms with E-state index < -0.39 is 5.60 Å². The van der Waals surface area contributed by atoms with Crippen LogP contribution in [0.3, 0.4) is 0 Å². The Labute approximate surface area is 76.5 Å². The van der Waals surface area contributed by atoms with Crippen molar-refractivity contribution in [2.24, 2.45) is 0 Å². The molecule has 0 radical (unpaired) electrons. The summed E-state index contributed by atoms with van der Waals surface area (Å²) in [6.07, 6.45) is 1.78. The minimum absolute atomic E-state index is 0.285. The van der Waals surface area contributed by atoms with Crippen molar-refractivity contribution in [2.45, 2.75) is 5.60 Å². The van der Waals surface area contributed by atoms with E-state index in [-0.39, 0.29) is 13.2 Å². The second-order valence-electron chi connectivity index (χ2n) is 3.22. The van der Waals surface area contributed by atoms with Crippen LogP contribution in [0.1, 0.15) is 5.69 Å². The Kier molecular flexibility index (Phi) is 2.35. The highest BCUT2D eigenvalue weighted by Crippen LogP contribution is 2.21. The van der Waals surface area contributed by atoms with Crippen molar-refractivity contribution >= 4 is 0 Å². The summed E-state index contributed by atoms with van der Waals surface area (Å²) in [6.45, 7) is 1.66. The lowest BCUT2D eigenvalue weighted by Gasteiger charge is -2.23. The first-order valence-corrected chi connectivity index (χ1v) is 4.33. The number of aromatic amines is 1. The highest BCUT2D eigenvalue weighted by Gasteiger charge is 2.32. The van der Waals surface area contributed by atoms with Crippen LogP contribution in [0.25, 0.3) is 0 Å². The Bertz CT molecular complexity index is 250. The standard InChI is InChI=1S/C9H13NO3/c11-9(8-2-1-3-10-8)6-12-4-5-13-7-9/h1-3,10-11H,4-7H2. The molecular formula is C9H13NO3. The van der Waals surface area contributed by atoms with Crippen molar-refractivity contribution < 1.29 is 14.6 Å². The summed E-state index contributed by atoms with van der Waals surface area (Å²) in [5, 5.41) is 10.1. The van der Waals surface area contributed by atoms with Gasteiger partial charge in [-0.3, -0.25) is 0 Å². The predicted molar refractivity (Wildman–Crippen MR) is 46.3 cm³/mol. The number of H-pyrrole nitrogens is 1. The zero-order valence-corrected chi connectivity index (χ0v) is 7.32. The van der Waals surface area contributed by atoms with Crippen molar-refractivity contribution in [3.63, 3.8) is 0 Å². The molecule has 0 atom stereocenters. The molecule has 2 heterocycles. The number of rotatable bonds is 1. The molecule has 0 amide bonds. The van der Waals surface area contributed by atoms with Gasteiger partial charge in [-0.1, -0.05) is 0 Å². The molecule has 0 saturated carbocycles. The van der Waals surface area contributed by atoms with Crippen LogP contribution in [0.5, 0.6) is 0 Å². The lowest BCUT2D eigenvalue weighted by atomic mass is 10.0. The van der Waals surface area contributed by atoms with Gasteiger partial charge in [-0.25, -0.2) is 0 Å². The third kappa shape index (κ3) is 1.75. The maximum absolute atomic E-state index is 10.1. The Morgan fingerprint density at radius 2 is 2.00 bits per heavy atom. The van der Waals surface area contributed by atoms with Crippen LogP contribution in [0.4, 0.5) is 0 Å². The van der Waals surface area contributed by atoms with E-state index in [1.54, 1.807) is 6.20 Å². The highest BCUT2D eigenvalue weighted by molar-refractivity contribution is 5.14. The molecule has 0 bridgehead atoms. The SMILES string of the molecule is OC1(c2ccc[nH]2)COCCOC1. The lowest BCUT2D eigenvalue weighted by Crippen LogP contribution is -2.35. The quantitative estimate of drug-likeness (QED) is 0.656. The molecule has 1 aliphatic heterocycles. The average Bonchev–Trinajstić information content (AvgIpc) is 2.57. The van der Waals surface area contributed by atoms with E-state index in [1.165, 1.54) is 0 Å². The third-order valence-electron chi connectivity index (χ3n) is 2.15. The van der Waals surface area contributed by atoms with Crippen LogP contribution in [-0.2, 0) is 15.1 Å². The summed E-state index contributed by atoms with van der Waals surface area (Å²) >= 11 is 0. The molecule has 1 aromatic heterocycles. The van der Waals surface area contributed by atoms with E-state index in [0.29, 0.717) is 13.2 Å². The van der Waals surface area contributed by atoms with Gasteiger partial charge in [0.05, 0.1) is 32.1 Å². The molecule has 1 aliphatic rings. The summed E-state index contributed by atoms with van der Waals surface area (Å²) in [7, 11) is 0. The van der Waals surface area contributed by atoms with Gasteiger partial charge in [0.1, 0.15) is 0 Å². The molecule has 1 fully saturated rings. The number of aromatic nitrogens is 1. The van der Waals surface area contributed by atoms with Gasteiger partial charge in [-0.2, -0.15) is 0 Å². The zero-order valence-electron chi connectivity index (χ0n) is 7.32. The molecule has 0 unspecified atom stereocenters. The van der Waals surface area contributed by atoms with Crippen LogP contribution in [0.2, 0.25) is 0 Å². The Balaban J connectivity index is 2.17. The summed E-state index contributed by atoms with van der Waals surface area (Å²) in [5.74, 6) is 0. The fourth-order valence-electron chi connectivity index (χ4n) is 1.42. The number of hydrogen-bond acceptors (Lipinski definition) is 3. The molecule has 0 aromatic carbocycles. The number of aliphatic hydroxyl groups is 1. The second kappa shape index (κ2) is 3.49. The van der Waals surface area contributed by atoms with Crippen molar-refractivity contribution in [2.75, 3.05) is 26.4 Å². The van der Waals surface area contributed by atoms with Crippen molar-refractivity contribution in [3.8, 4) is 0 Å². The number of hydrogen-bond donors (Lipinski definition) is 2. The molecule has 1 saturated heterocycles. The smallest absolute Gasteiger partial charge is 0.150 e. The molecule has 0 spiro atoms. The fraction of sp³-hybridized carbons (Fsp3) is 0.556. The van der Waals surface area contributed by atoms with Crippen LogP contribution in [0, 0.1) is 0 Å². The molecule has 4 nitrogen and oxygen atoms in total. The molecule has 72 valence electrons. The van der Waals surface area contributed by atoms with E-state index in [2.05, 4.69) is 4.98 Å². The van der Waals surface area contributed by atoms with Crippen LogP contribution >= 0.6 is 0 Å². The maximum Gasteiger partial charge on any atom is 0.150 e. The van der Waals surface area contributed by atoms with E-state index in [0.717, 1.165) is 5.69 Å². The Morgan fingerprint density at radius 3 is 2.54 bits per heavy atom. The first kappa shape index (κ1) is 8.74. The molecule has 13 heavy (non-hydrogen) atoms. The summed E-state index contributed by atoms with van der Waals surface area (Å²) in [5.41, 5.74) is -0.269. The van der Waals surface area contributed by atoms with Crippen molar-refractivity contribution in [1.29, 1.82) is 0 Å². The molecule has 2 rings (SSSR count). The minimum atomic E-state index is -1.01. The predicted octanol–water partition coefficient (Wildman–Crippen LogP) is 0.249. The Morgan fingerprint density at radius 1 is 1.31 bits per heavy atom. The topological polar surface area (TPSA) is 54.5 Å². The molecule has 4 heteroatoms.